The molecule has 0 bridgehead atoms. The molecular formula is C17H32N2O2. The largest absolute Gasteiger partial charge is 0.481 e. The Kier molecular flexibility index (Phi) is 5.67. The van der Waals surface area contributed by atoms with Crippen LogP contribution in [0.15, 0.2) is 0 Å². The second-order valence-electron chi connectivity index (χ2n) is 7.27. The molecule has 0 radical (unpaired) electrons. The van der Waals surface area contributed by atoms with Crippen LogP contribution in [0.25, 0.3) is 0 Å². The van der Waals surface area contributed by atoms with Crippen LogP contribution in [-0.2, 0) is 4.79 Å². The van der Waals surface area contributed by atoms with Crippen molar-refractivity contribution in [1.82, 2.24) is 9.80 Å². The van der Waals surface area contributed by atoms with E-state index in [1.807, 2.05) is 0 Å². The quantitative estimate of drug-likeness (QED) is 0.847. The number of hydrogen-bond acceptors (Lipinski definition) is 3. The van der Waals surface area contributed by atoms with Gasteiger partial charge in [0.15, 0.2) is 0 Å². The summed E-state index contributed by atoms with van der Waals surface area (Å²) in [7, 11) is 0. The van der Waals surface area contributed by atoms with Crippen molar-refractivity contribution in [2.75, 3.05) is 26.2 Å². The minimum atomic E-state index is -0.575. The summed E-state index contributed by atoms with van der Waals surface area (Å²) in [4.78, 5) is 16.8. The molecule has 2 aliphatic heterocycles. The van der Waals surface area contributed by atoms with Gasteiger partial charge in [0.25, 0.3) is 0 Å². The normalized spacial score (nSPS) is 29.9. The predicted octanol–water partition coefficient (Wildman–Crippen LogP) is 2.83. The minimum absolute atomic E-state index is 0.484. The molecule has 0 aromatic heterocycles. The Morgan fingerprint density at radius 2 is 1.95 bits per heavy atom. The van der Waals surface area contributed by atoms with Crippen LogP contribution in [0.4, 0.5) is 0 Å². The lowest BCUT2D eigenvalue weighted by molar-refractivity contribution is -0.154. The average Bonchev–Trinajstić information content (AvgIpc) is 2.48. The highest BCUT2D eigenvalue weighted by Crippen LogP contribution is 2.37. The van der Waals surface area contributed by atoms with Crippen LogP contribution in [0, 0.1) is 5.41 Å². The number of hydrogen-bond donors (Lipinski definition) is 1. The van der Waals surface area contributed by atoms with Gasteiger partial charge in [0.1, 0.15) is 0 Å². The first-order valence-corrected chi connectivity index (χ1v) is 8.70. The van der Waals surface area contributed by atoms with E-state index in [-0.39, 0.29) is 0 Å². The van der Waals surface area contributed by atoms with Crippen molar-refractivity contribution >= 4 is 5.97 Å². The number of rotatable bonds is 5. The van der Waals surface area contributed by atoms with Crippen LogP contribution in [0.2, 0.25) is 0 Å². The Morgan fingerprint density at radius 1 is 1.29 bits per heavy atom. The molecule has 4 nitrogen and oxygen atoms in total. The molecule has 0 amide bonds. The van der Waals surface area contributed by atoms with Crippen molar-refractivity contribution in [2.45, 2.75) is 71.4 Å². The maximum atomic E-state index is 11.8. The monoisotopic (exact) mass is 296 g/mol. The lowest BCUT2D eigenvalue weighted by atomic mass is 9.75. The van der Waals surface area contributed by atoms with E-state index in [9.17, 15) is 9.90 Å². The summed E-state index contributed by atoms with van der Waals surface area (Å²) in [5, 5.41) is 9.72. The van der Waals surface area contributed by atoms with E-state index in [0.717, 1.165) is 51.9 Å². The molecular weight excluding hydrogens is 264 g/mol. The van der Waals surface area contributed by atoms with Gasteiger partial charge in [0.2, 0.25) is 0 Å². The average molecular weight is 296 g/mol. The molecule has 1 unspecified atom stereocenters. The van der Waals surface area contributed by atoms with Gasteiger partial charge in [0, 0.05) is 18.6 Å². The van der Waals surface area contributed by atoms with Crippen LogP contribution in [0.1, 0.15) is 59.3 Å². The predicted molar refractivity (Wildman–Crippen MR) is 85.5 cm³/mol. The second kappa shape index (κ2) is 7.10. The van der Waals surface area contributed by atoms with Gasteiger partial charge < -0.3 is 10.0 Å². The highest BCUT2D eigenvalue weighted by atomic mass is 16.4. The summed E-state index contributed by atoms with van der Waals surface area (Å²) >= 11 is 0. The van der Waals surface area contributed by atoms with E-state index in [1.54, 1.807) is 0 Å². The summed E-state index contributed by atoms with van der Waals surface area (Å²) < 4.78 is 0. The number of aliphatic carboxylic acids is 1. The van der Waals surface area contributed by atoms with Gasteiger partial charge >= 0.3 is 5.97 Å². The van der Waals surface area contributed by atoms with E-state index in [0.29, 0.717) is 12.1 Å². The number of carbonyl (C=O) groups is 1. The maximum Gasteiger partial charge on any atom is 0.310 e. The summed E-state index contributed by atoms with van der Waals surface area (Å²) in [6.07, 6.45) is 6.07. The fourth-order valence-electron chi connectivity index (χ4n) is 4.21. The molecule has 2 heterocycles. The molecule has 1 N–H and O–H groups in total. The van der Waals surface area contributed by atoms with Gasteiger partial charge in [-0.3, -0.25) is 9.69 Å². The maximum absolute atomic E-state index is 11.8. The SMILES string of the molecule is CCCC1(C(=O)O)CCCN(C2CCN(C(C)C)CC2)C1. The van der Waals surface area contributed by atoms with Crippen molar-refractivity contribution in [1.29, 1.82) is 0 Å². The third-order valence-electron chi connectivity index (χ3n) is 5.53. The van der Waals surface area contributed by atoms with Gasteiger partial charge in [-0.25, -0.2) is 0 Å². The second-order valence-corrected chi connectivity index (χ2v) is 7.27. The highest BCUT2D eigenvalue weighted by molar-refractivity contribution is 5.75. The first-order chi connectivity index (χ1) is 9.98. The van der Waals surface area contributed by atoms with Gasteiger partial charge in [-0.05, 0) is 65.6 Å². The van der Waals surface area contributed by atoms with Crippen molar-refractivity contribution < 1.29 is 9.90 Å². The topological polar surface area (TPSA) is 43.8 Å². The number of likely N-dealkylation sites (tertiary alicyclic amines) is 2. The molecule has 2 fully saturated rings. The van der Waals surface area contributed by atoms with Crippen molar-refractivity contribution in [3.8, 4) is 0 Å². The third kappa shape index (κ3) is 3.78. The number of nitrogens with zero attached hydrogens (tertiary/aromatic N) is 2. The molecule has 0 saturated carbocycles. The molecule has 2 rings (SSSR count). The first kappa shape index (κ1) is 16.8. The van der Waals surface area contributed by atoms with E-state index < -0.39 is 11.4 Å². The zero-order valence-corrected chi connectivity index (χ0v) is 14.0. The number of carboxylic acids is 1. The standard InChI is InChI=1S/C17H32N2O2/c1-4-8-17(16(20)21)9-5-10-19(13-17)15-6-11-18(12-7-15)14(2)3/h14-15H,4-13H2,1-3H3,(H,20,21). The molecule has 0 spiro atoms. The fourth-order valence-corrected chi connectivity index (χ4v) is 4.21. The summed E-state index contributed by atoms with van der Waals surface area (Å²) in [6.45, 7) is 10.8. The van der Waals surface area contributed by atoms with Crippen LogP contribution < -0.4 is 0 Å². The highest BCUT2D eigenvalue weighted by Gasteiger charge is 2.43. The molecule has 0 aromatic rings. The summed E-state index contributed by atoms with van der Waals surface area (Å²) in [5.41, 5.74) is -0.484. The van der Waals surface area contributed by atoms with Crippen molar-refractivity contribution in [2.24, 2.45) is 5.41 Å². The van der Waals surface area contributed by atoms with E-state index in [1.165, 1.54) is 12.8 Å². The molecule has 4 heteroatoms. The number of piperidine rings is 2. The zero-order valence-electron chi connectivity index (χ0n) is 14.0. The van der Waals surface area contributed by atoms with Gasteiger partial charge in [-0.15, -0.1) is 0 Å². The smallest absolute Gasteiger partial charge is 0.310 e. The molecule has 122 valence electrons. The van der Waals surface area contributed by atoms with Crippen molar-refractivity contribution in [3.63, 3.8) is 0 Å². The van der Waals surface area contributed by atoms with Crippen LogP contribution in [0.3, 0.4) is 0 Å². The molecule has 2 aliphatic rings. The molecule has 2 saturated heterocycles. The van der Waals surface area contributed by atoms with Gasteiger partial charge in [-0.2, -0.15) is 0 Å². The first-order valence-electron chi connectivity index (χ1n) is 8.70. The number of carboxylic acid groups (broad SMARTS) is 1. The van der Waals surface area contributed by atoms with Gasteiger partial charge in [-0.1, -0.05) is 13.3 Å². The molecule has 0 aliphatic carbocycles. The van der Waals surface area contributed by atoms with Crippen molar-refractivity contribution in [3.05, 3.63) is 0 Å². The Bertz CT molecular complexity index is 347. The van der Waals surface area contributed by atoms with Crippen LogP contribution in [0.5, 0.6) is 0 Å². The minimum Gasteiger partial charge on any atom is -0.481 e. The Balaban J connectivity index is 1.96. The summed E-state index contributed by atoms with van der Waals surface area (Å²) in [6, 6.07) is 1.22. The Labute approximate surface area is 129 Å². The van der Waals surface area contributed by atoms with Gasteiger partial charge in [0.05, 0.1) is 5.41 Å². The Morgan fingerprint density at radius 3 is 2.48 bits per heavy atom. The van der Waals surface area contributed by atoms with Crippen LogP contribution >= 0.6 is 0 Å². The van der Waals surface area contributed by atoms with E-state index in [2.05, 4.69) is 30.6 Å². The summed E-state index contributed by atoms with van der Waals surface area (Å²) in [5.74, 6) is -0.575. The van der Waals surface area contributed by atoms with Crippen LogP contribution in [-0.4, -0.2) is 59.1 Å². The molecule has 1 atom stereocenters. The lowest BCUT2D eigenvalue weighted by Crippen LogP contribution is -2.54. The fraction of sp³-hybridized carbons (Fsp3) is 0.941. The zero-order chi connectivity index (χ0) is 15.5. The van der Waals surface area contributed by atoms with E-state index >= 15 is 0 Å². The third-order valence-corrected chi connectivity index (χ3v) is 5.53. The van der Waals surface area contributed by atoms with E-state index in [4.69, 9.17) is 0 Å². The lowest BCUT2D eigenvalue weighted by Gasteiger charge is -2.46. The Hall–Kier alpha value is -0.610. The molecule has 0 aromatic carbocycles. The molecule has 21 heavy (non-hydrogen) atoms.